The van der Waals surface area contributed by atoms with Gasteiger partial charge in [-0.2, -0.15) is 22.3 Å². The molecule has 0 bridgehead atoms. The van der Waals surface area contributed by atoms with Crippen LogP contribution in [0.25, 0.3) is 0 Å². The van der Waals surface area contributed by atoms with Crippen molar-refractivity contribution in [2.45, 2.75) is 25.3 Å². The smallest absolute Gasteiger partial charge is 0.207 e. The summed E-state index contributed by atoms with van der Waals surface area (Å²) < 4.78 is 58.2. The van der Waals surface area contributed by atoms with Gasteiger partial charge in [0, 0.05) is 0 Å². The first-order valence-electron chi connectivity index (χ1n) is 3.53. The van der Waals surface area contributed by atoms with Gasteiger partial charge in [0.1, 0.15) is 4.90 Å². The van der Waals surface area contributed by atoms with Crippen molar-refractivity contribution in [1.82, 2.24) is 9.78 Å². The number of alkyl halides is 2. The summed E-state index contributed by atoms with van der Waals surface area (Å²) in [6, 6.07) is 0. The second-order valence-corrected chi connectivity index (χ2v) is 3.94. The second-order valence-electron chi connectivity index (χ2n) is 2.66. The van der Waals surface area contributed by atoms with Gasteiger partial charge in [0.25, 0.3) is 0 Å². The molecular formula is C6H7F3N2O2S. The molecule has 1 aromatic rings. The molecule has 0 aromatic carbocycles. The van der Waals surface area contributed by atoms with Gasteiger partial charge in [0.15, 0.2) is 0 Å². The first-order valence-corrected chi connectivity index (χ1v) is 4.92. The van der Waals surface area contributed by atoms with Crippen molar-refractivity contribution in [2.24, 2.45) is 0 Å². The molecule has 0 aliphatic heterocycles. The van der Waals surface area contributed by atoms with Crippen molar-refractivity contribution in [3.05, 3.63) is 11.4 Å². The topological polar surface area (TPSA) is 52.0 Å². The Bertz CT molecular complexity index is 452. The van der Waals surface area contributed by atoms with Crippen LogP contribution in [0.1, 0.15) is 17.9 Å². The monoisotopic (exact) mass is 228 g/mol. The van der Waals surface area contributed by atoms with E-state index in [1.54, 1.807) is 0 Å². The zero-order valence-electron chi connectivity index (χ0n) is 7.33. The van der Waals surface area contributed by atoms with Crippen molar-refractivity contribution in [2.75, 3.05) is 0 Å². The Balaban J connectivity index is 3.48. The number of rotatable bonds is 2. The normalized spacial score (nSPS) is 12.4. The van der Waals surface area contributed by atoms with Crippen LogP contribution < -0.4 is 0 Å². The van der Waals surface area contributed by atoms with Crippen LogP contribution in [-0.2, 0) is 10.2 Å². The van der Waals surface area contributed by atoms with Crippen molar-refractivity contribution in [3.8, 4) is 0 Å². The van der Waals surface area contributed by atoms with E-state index in [-0.39, 0.29) is 10.4 Å². The number of hydrogen-bond donors (Lipinski definition) is 0. The third-order valence-electron chi connectivity index (χ3n) is 1.69. The molecular weight excluding hydrogens is 221 g/mol. The molecule has 1 rings (SSSR count). The van der Waals surface area contributed by atoms with Gasteiger partial charge in [-0.05, 0) is 13.8 Å². The predicted molar refractivity (Wildman–Crippen MR) is 41.2 cm³/mol. The van der Waals surface area contributed by atoms with Crippen LogP contribution in [0.4, 0.5) is 12.7 Å². The average Bonchev–Trinajstić information content (AvgIpc) is 2.24. The summed E-state index contributed by atoms with van der Waals surface area (Å²) in [5.74, 6) is 0. The lowest BCUT2D eigenvalue weighted by atomic mass is 10.4. The fourth-order valence-electron chi connectivity index (χ4n) is 1.19. The number of nitrogens with zero attached hydrogens (tertiary/aromatic N) is 2. The minimum absolute atomic E-state index is 0.168. The maximum Gasteiger partial charge on any atom is 0.335 e. The Morgan fingerprint density at radius 2 is 1.86 bits per heavy atom. The standard InChI is InChI=1S/C6H7F3N2O2S/c1-3-5(14(9,12)13)4(2)11(10-3)6(7)8/h6H,1-2H3. The van der Waals surface area contributed by atoms with Crippen LogP contribution in [-0.4, -0.2) is 18.2 Å². The molecule has 4 nitrogen and oxygen atoms in total. The largest absolute Gasteiger partial charge is 0.335 e. The summed E-state index contributed by atoms with van der Waals surface area (Å²) in [7, 11) is -4.99. The van der Waals surface area contributed by atoms with Crippen molar-refractivity contribution >= 4 is 10.2 Å². The van der Waals surface area contributed by atoms with Crippen molar-refractivity contribution < 1.29 is 21.1 Å². The molecule has 0 saturated carbocycles. The van der Waals surface area contributed by atoms with Gasteiger partial charge >= 0.3 is 16.8 Å². The van der Waals surface area contributed by atoms with E-state index < -0.39 is 27.4 Å². The van der Waals surface area contributed by atoms with E-state index in [2.05, 4.69) is 5.10 Å². The molecule has 0 aliphatic rings. The number of hydrogen-bond acceptors (Lipinski definition) is 3. The van der Waals surface area contributed by atoms with Gasteiger partial charge in [-0.1, -0.05) is 0 Å². The summed E-state index contributed by atoms with van der Waals surface area (Å²) in [6.45, 7) is -0.763. The average molecular weight is 228 g/mol. The first kappa shape index (κ1) is 11.0. The lowest BCUT2D eigenvalue weighted by Crippen LogP contribution is -2.03. The van der Waals surface area contributed by atoms with Gasteiger partial charge in [-0.3, -0.25) is 0 Å². The summed E-state index contributed by atoms with van der Waals surface area (Å²) >= 11 is 0. The van der Waals surface area contributed by atoms with E-state index >= 15 is 0 Å². The lowest BCUT2D eigenvalue weighted by molar-refractivity contribution is 0.0538. The Hall–Kier alpha value is -1.05. The summed E-state index contributed by atoms with van der Waals surface area (Å²) in [6.07, 6.45) is 0. The predicted octanol–water partition coefficient (Wildman–Crippen LogP) is 1.55. The van der Waals surface area contributed by atoms with Gasteiger partial charge in [0.05, 0.1) is 11.4 Å². The Labute approximate surface area is 78.6 Å². The van der Waals surface area contributed by atoms with Crippen LogP contribution in [0.2, 0.25) is 0 Å². The molecule has 1 aromatic heterocycles. The minimum atomic E-state index is -4.99. The SMILES string of the molecule is Cc1nn(C(F)F)c(C)c1S(=O)(=O)F. The van der Waals surface area contributed by atoms with Crippen molar-refractivity contribution in [3.63, 3.8) is 0 Å². The molecule has 0 atom stereocenters. The number of aromatic nitrogens is 2. The number of halogens is 3. The molecule has 0 fully saturated rings. The minimum Gasteiger partial charge on any atom is -0.207 e. The van der Waals surface area contributed by atoms with Crippen LogP contribution in [0.5, 0.6) is 0 Å². The zero-order valence-corrected chi connectivity index (χ0v) is 8.15. The Kier molecular flexibility index (Phi) is 2.57. The third-order valence-corrected chi connectivity index (χ3v) is 2.77. The Morgan fingerprint density at radius 3 is 2.07 bits per heavy atom. The van der Waals surface area contributed by atoms with Gasteiger partial charge in [0.2, 0.25) is 0 Å². The van der Waals surface area contributed by atoms with E-state index in [4.69, 9.17) is 0 Å². The fraction of sp³-hybridized carbons (Fsp3) is 0.500. The molecule has 0 saturated heterocycles. The Morgan fingerprint density at radius 1 is 1.36 bits per heavy atom. The highest BCUT2D eigenvalue weighted by Gasteiger charge is 2.26. The molecule has 0 spiro atoms. The van der Waals surface area contributed by atoms with E-state index in [1.807, 2.05) is 0 Å². The summed E-state index contributed by atoms with van der Waals surface area (Å²) in [5.41, 5.74) is -0.676. The summed E-state index contributed by atoms with van der Waals surface area (Å²) in [4.78, 5) is -0.780. The van der Waals surface area contributed by atoms with Crippen LogP contribution in [0.15, 0.2) is 4.90 Å². The molecule has 8 heteroatoms. The van der Waals surface area contributed by atoms with Gasteiger partial charge < -0.3 is 0 Å². The van der Waals surface area contributed by atoms with E-state index in [9.17, 15) is 21.1 Å². The highest BCUT2D eigenvalue weighted by atomic mass is 32.3. The molecule has 1 heterocycles. The molecule has 0 radical (unpaired) electrons. The molecule has 14 heavy (non-hydrogen) atoms. The van der Waals surface area contributed by atoms with E-state index in [1.165, 1.54) is 0 Å². The van der Waals surface area contributed by atoms with Crippen LogP contribution >= 0.6 is 0 Å². The zero-order chi connectivity index (χ0) is 11.1. The molecule has 0 aliphatic carbocycles. The third kappa shape index (κ3) is 1.74. The van der Waals surface area contributed by atoms with E-state index in [0.717, 1.165) is 13.8 Å². The van der Waals surface area contributed by atoms with Gasteiger partial charge in [-0.25, -0.2) is 4.68 Å². The fourth-order valence-corrected chi connectivity index (χ4v) is 2.03. The molecule has 0 unspecified atom stereocenters. The lowest BCUT2D eigenvalue weighted by Gasteiger charge is -2.00. The summed E-state index contributed by atoms with van der Waals surface area (Å²) in [5, 5.41) is 3.22. The molecule has 0 N–H and O–H groups in total. The molecule has 0 amide bonds. The first-order chi connectivity index (χ1) is 6.25. The highest BCUT2D eigenvalue weighted by Crippen LogP contribution is 2.24. The quantitative estimate of drug-likeness (QED) is 0.721. The number of aryl methyl sites for hydroxylation is 1. The van der Waals surface area contributed by atoms with E-state index in [0.29, 0.717) is 0 Å². The highest BCUT2D eigenvalue weighted by molar-refractivity contribution is 7.86. The maximum atomic E-state index is 12.6. The maximum absolute atomic E-state index is 12.6. The van der Waals surface area contributed by atoms with Crippen LogP contribution in [0.3, 0.4) is 0 Å². The van der Waals surface area contributed by atoms with Crippen LogP contribution in [0, 0.1) is 13.8 Å². The molecule has 80 valence electrons. The second kappa shape index (κ2) is 3.26. The van der Waals surface area contributed by atoms with Crippen molar-refractivity contribution in [1.29, 1.82) is 0 Å². The van der Waals surface area contributed by atoms with Gasteiger partial charge in [-0.15, -0.1) is 3.89 Å².